The molecule has 29 heavy (non-hydrogen) atoms. The zero-order valence-electron chi connectivity index (χ0n) is 17.0. The number of hydrogen-bond acceptors (Lipinski definition) is 2. The van der Waals surface area contributed by atoms with Crippen LogP contribution in [0.1, 0.15) is 16.8 Å². The lowest BCUT2D eigenvalue weighted by atomic mass is 10.0. The highest BCUT2D eigenvalue weighted by Crippen LogP contribution is 2.29. The number of benzene rings is 2. The van der Waals surface area contributed by atoms with Crippen LogP contribution in [-0.4, -0.2) is 37.9 Å². The van der Waals surface area contributed by atoms with Crippen molar-refractivity contribution >= 4 is 20.9 Å². The molecule has 0 spiro atoms. The van der Waals surface area contributed by atoms with Gasteiger partial charge >= 0.3 is 0 Å². The molecule has 0 atom stereocenters. The largest absolute Gasteiger partial charge is 0.354 e. The summed E-state index contributed by atoms with van der Waals surface area (Å²) < 4.78 is 41.9. The standard InChI is InChI=1S/C22H26FN3O2S/c1-16-21(14-17-8-10-19(11-9-17)29(27,28)25(2)3)20-6-4-5-7-22(20)26(16)15-18(23)12-13-24/h4-12H,13-15,24H2,1-3H3/p+1/b18-12-. The maximum absolute atomic E-state index is 14.2. The van der Waals surface area contributed by atoms with Gasteiger partial charge in [-0.15, -0.1) is 0 Å². The maximum Gasteiger partial charge on any atom is 0.242 e. The number of fused-ring (bicyclic) bond motifs is 1. The second-order valence-electron chi connectivity index (χ2n) is 7.22. The molecule has 3 aromatic rings. The van der Waals surface area contributed by atoms with Gasteiger partial charge in [-0.3, -0.25) is 0 Å². The quantitative estimate of drug-likeness (QED) is 0.643. The van der Waals surface area contributed by atoms with Gasteiger partial charge in [0.15, 0.2) is 0 Å². The van der Waals surface area contributed by atoms with Gasteiger partial charge in [-0.1, -0.05) is 30.3 Å². The molecule has 0 saturated carbocycles. The van der Waals surface area contributed by atoms with E-state index in [1.165, 1.54) is 24.5 Å². The predicted molar refractivity (Wildman–Crippen MR) is 114 cm³/mol. The lowest BCUT2D eigenvalue weighted by molar-refractivity contribution is -0.353. The van der Waals surface area contributed by atoms with E-state index < -0.39 is 10.0 Å². The molecule has 154 valence electrons. The topological polar surface area (TPSA) is 70.0 Å². The van der Waals surface area contributed by atoms with Crippen molar-refractivity contribution in [3.63, 3.8) is 0 Å². The van der Waals surface area contributed by atoms with Gasteiger partial charge < -0.3 is 10.3 Å². The van der Waals surface area contributed by atoms with Gasteiger partial charge in [0, 0.05) is 36.8 Å². The summed E-state index contributed by atoms with van der Waals surface area (Å²) in [6.07, 6.45) is 2.14. The third kappa shape index (κ3) is 4.27. The zero-order valence-corrected chi connectivity index (χ0v) is 17.8. The summed E-state index contributed by atoms with van der Waals surface area (Å²) in [4.78, 5) is 0.269. The third-order valence-corrected chi connectivity index (χ3v) is 6.95. The van der Waals surface area contributed by atoms with Crippen LogP contribution in [0.25, 0.3) is 10.9 Å². The number of nitrogens with zero attached hydrogens (tertiary/aromatic N) is 2. The number of hydrogen-bond donors (Lipinski definition) is 1. The molecule has 0 unspecified atom stereocenters. The summed E-state index contributed by atoms with van der Waals surface area (Å²) in [5.74, 6) is -0.200. The Morgan fingerprint density at radius 3 is 2.41 bits per heavy atom. The summed E-state index contributed by atoms with van der Waals surface area (Å²) in [7, 11) is -0.413. The number of quaternary nitrogens is 1. The highest BCUT2D eigenvalue weighted by Gasteiger charge is 2.18. The molecule has 0 bridgehead atoms. The first-order chi connectivity index (χ1) is 13.8. The van der Waals surface area contributed by atoms with Gasteiger partial charge in [0.1, 0.15) is 5.83 Å². The summed E-state index contributed by atoms with van der Waals surface area (Å²) in [5, 5.41) is 1.08. The Bertz CT molecular complexity index is 1150. The van der Waals surface area contributed by atoms with E-state index in [1.807, 2.05) is 47.9 Å². The van der Waals surface area contributed by atoms with E-state index in [-0.39, 0.29) is 17.3 Å². The summed E-state index contributed by atoms with van der Waals surface area (Å²) in [6, 6.07) is 14.9. The van der Waals surface area contributed by atoms with E-state index in [4.69, 9.17) is 0 Å². The van der Waals surface area contributed by atoms with Crippen molar-refractivity contribution in [2.75, 3.05) is 20.6 Å². The highest BCUT2D eigenvalue weighted by atomic mass is 32.2. The van der Waals surface area contributed by atoms with E-state index in [9.17, 15) is 12.8 Å². The van der Waals surface area contributed by atoms with Crippen molar-refractivity contribution in [1.82, 2.24) is 8.87 Å². The highest BCUT2D eigenvalue weighted by molar-refractivity contribution is 7.89. The van der Waals surface area contributed by atoms with E-state index in [0.29, 0.717) is 13.0 Å². The monoisotopic (exact) mass is 416 g/mol. The van der Waals surface area contributed by atoms with Crippen molar-refractivity contribution in [3.05, 3.63) is 77.3 Å². The fraction of sp³-hybridized carbons (Fsp3) is 0.273. The fourth-order valence-corrected chi connectivity index (χ4v) is 4.40. The molecule has 0 amide bonds. The van der Waals surface area contributed by atoms with E-state index in [2.05, 4.69) is 5.73 Å². The molecular weight excluding hydrogens is 389 g/mol. The second-order valence-corrected chi connectivity index (χ2v) is 9.37. The minimum absolute atomic E-state index is 0.182. The lowest BCUT2D eigenvalue weighted by Gasteiger charge is -2.12. The van der Waals surface area contributed by atoms with Gasteiger partial charge in [0.05, 0.1) is 18.0 Å². The van der Waals surface area contributed by atoms with Crippen molar-refractivity contribution in [3.8, 4) is 0 Å². The third-order valence-electron chi connectivity index (χ3n) is 5.12. The van der Waals surface area contributed by atoms with Gasteiger partial charge in [-0.25, -0.2) is 17.1 Å². The van der Waals surface area contributed by atoms with Gasteiger partial charge in [-0.2, -0.15) is 0 Å². The summed E-state index contributed by atoms with van der Waals surface area (Å²) >= 11 is 0. The van der Waals surface area contributed by atoms with Crippen molar-refractivity contribution in [1.29, 1.82) is 0 Å². The second kappa shape index (κ2) is 8.49. The van der Waals surface area contributed by atoms with Crippen LogP contribution in [0.15, 0.2) is 65.3 Å². The first-order valence-corrected chi connectivity index (χ1v) is 10.9. The van der Waals surface area contributed by atoms with Gasteiger partial charge in [0.2, 0.25) is 10.0 Å². The van der Waals surface area contributed by atoms with E-state index >= 15 is 0 Å². The minimum atomic E-state index is -3.45. The average molecular weight is 417 g/mol. The maximum atomic E-state index is 14.2. The molecule has 0 radical (unpaired) electrons. The lowest BCUT2D eigenvalue weighted by Crippen LogP contribution is -2.49. The molecule has 0 saturated heterocycles. The Hall–Kier alpha value is -2.48. The van der Waals surface area contributed by atoms with Gasteiger partial charge in [-0.05, 0) is 42.7 Å². The van der Waals surface area contributed by atoms with Crippen LogP contribution in [0.3, 0.4) is 0 Å². The smallest absolute Gasteiger partial charge is 0.242 e. The number of para-hydroxylation sites is 1. The number of rotatable bonds is 7. The zero-order chi connectivity index (χ0) is 21.2. The number of allylic oxidation sites excluding steroid dienone is 1. The Labute approximate surface area is 171 Å². The SMILES string of the molecule is Cc1c(Cc2ccc(S(=O)(=O)N(C)C)cc2)c2ccccc2n1C/C(F)=C/C[NH3+]. The molecule has 0 fully saturated rings. The molecule has 1 aromatic heterocycles. The van der Waals surface area contributed by atoms with Gasteiger partial charge in [0.25, 0.3) is 0 Å². The minimum Gasteiger partial charge on any atom is -0.354 e. The van der Waals surface area contributed by atoms with Crippen LogP contribution in [0.2, 0.25) is 0 Å². The Balaban J connectivity index is 1.99. The molecule has 7 heteroatoms. The summed E-state index contributed by atoms with van der Waals surface area (Å²) in [5.41, 5.74) is 7.79. The first kappa shape index (κ1) is 21.2. The van der Waals surface area contributed by atoms with E-state index in [0.717, 1.165) is 27.7 Å². The Morgan fingerprint density at radius 2 is 1.79 bits per heavy atom. The van der Waals surface area contributed by atoms with Crippen molar-refractivity contribution < 1.29 is 18.5 Å². The van der Waals surface area contributed by atoms with Crippen LogP contribution >= 0.6 is 0 Å². The fourth-order valence-electron chi connectivity index (χ4n) is 3.50. The van der Waals surface area contributed by atoms with Crippen LogP contribution in [0, 0.1) is 6.92 Å². The number of sulfonamides is 1. The van der Waals surface area contributed by atoms with E-state index in [1.54, 1.807) is 12.1 Å². The number of aromatic nitrogens is 1. The van der Waals surface area contributed by atoms with Crippen LogP contribution in [-0.2, 0) is 23.0 Å². The molecule has 5 nitrogen and oxygen atoms in total. The average Bonchev–Trinajstić information content (AvgIpc) is 2.94. The number of halogens is 1. The first-order valence-electron chi connectivity index (χ1n) is 9.47. The Morgan fingerprint density at radius 1 is 1.14 bits per heavy atom. The Kier molecular flexibility index (Phi) is 6.21. The molecule has 2 aromatic carbocycles. The predicted octanol–water partition coefficient (Wildman–Crippen LogP) is 2.89. The molecule has 3 rings (SSSR count). The van der Waals surface area contributed by atoms with Crippen molar-refractivity contribution in [2.45, 2.75) is 24.8 Å². The molecule has 1 heterocycles. The van der Waals surface area contributed by atoms with Crippen LogP contribution in [0.5, 0.6) is 0 Å². The summed E-state index contributed by atoms with van der Waals surface area (Å²) in [6.45, 7) is 2.60. The molecule has 3 N–H and O–H groups in total. The molecule has 0 aliphatic heterocycles. The molecule has 0 aliphatic carbocycles. The normalized spacial score (nSPS) is 12.8. The van der Waals surface area contributed by atoms with Crippen LogP contribution < -0.4 is 5.73 Å². The molecular formula is C22H27FN3O2S+. The molecule has 0 aliphatic rings. The van der Waals surface area contributed by atoms with Crippen molar-refractivity contribution in [2.24, 2.45) is 0 Å². The van der Waals surface area contributed by atoms with Crippen LogP contribution in [0.4, 0.5) is 4.39 Å².